The summed E-state index contributed by atoms with van der Waals surface area (Å²) < 4.78 is 2.04. The zero-order chi connectivity index (χ0) is 13.1. The van der Waals surface area contributed by atoms with E-state index in [9.17, 15) is 0 Å². The molecule has 0 aliphatic heterocycles. The van der Waals surface area contributed by atoms with Gasteiger partial charge in [-0.15, -0.1) is 10.2 Å². The van der Waals surface area contributed by atoms with E-state index >= 15 is 0 Å². The molecule has 0 aliphatic carbocycles. The normalized spacial score (nSPS) is 11.2. The molecule has 0 fully saturated rings. The molecule has 98 valence electrons. The number of hydrogen-bond donors (Lipinski definition) is 2. The Kier molecular flexibility index (Phi) is 3.29. The summed E-state index contributed by atoms with van der Waals surface area (Å²) in [7, 11) is 0. The van der Waals surface area contributed by atoms with Gasteiger partial charge in [0.2, 0.25) is 0 Å². The van der Waals surface area contributed by atoms with Crippen molar-refractivity contribution in [2.45, 2.75) is 26.6 Å². The van der Waals surface area contributed by atoms with Gasteiger partial charge in [0, 0.05) is 24.8 Å². The van der Waals surface area contributed by atoms with Crippen molar-refractivity contribution >= 4 is 10.9 Å². The van der Waals surface area contributed by atoms with Gasteiger partial charge in [-0.25, -0.2) is 0 Å². The molecule has 3 rings (SSSR count). The summed E-state index contributed by atoms with van der Waals surface area (Å²) in [5.41, 5.74) is 2.45. The molecule has 0 saturated carbocycles. The Balaban J connectivity index is 1.62. The van der Waals surface area contributed by atoms with Gasteiger partial charge in [-0.2, -0.15) is 0 Å². The number of hydrogen-bond acceptors (Lipinski definition) is 3. The predicted molar refractivity (Wildman–Crippen MR) is 74.5 cm³/mol. The SMILES string of the molecule is CCn1cnnc1CNCc1ccc2[nH]ccc2c1. The molecular formula is C14H17N5. The first kappa shape index (κ1) is 11.9. The lowest BCUT2D eigenvalue weighted by Gasteiger charge is -2.06. The molecule has 0 radical (unpaired) electrons. The Morgan fingerprint density at radius 1 is 1.26 bits per heavy atom. The minimum Gasteiger partial charge on any atom is -0.361 e. The largest absolute Gasteiger partial charge is 0.361 e. The number of aromatic nitrogens is 4. The molecular weight excluding hydrogens is 238 g/mol. The van der Waals surface area contributed by atoms with Crippen LogP contribution in [-0.4, -0.2) is 19.7 Å². The molecule has 0 bridgehead atoms. The summed E-state index contributed by atoms with van der Waals surface area (Å²) >= 11 is 0. The van der Waals surface area contributed by atoms with Gasteiger partial charge >= 0.3 is 0 Å². The van der Waals surface area contributed by atoms with Gasteiger partial charge in [0.15, 0.2) is 0 Å². The molecule has 0 spiro atoms. The maximum atomic E-state index is 4.11. The van der Waals surface area contributed by atoms with Crippen LogP contribution in [0.3, 0.4) is 0 Å². The van der Waals surface area contributed by atoms with E-state index < -0.39 is 0 Å². The Morgan fingerprint density at radius 3 is 3.11 bits per heavy atom. The molecule has 3 aromatic rings. The second-order valence-electron chi connectivity index (χ2n) is 4.54. The molecule has 2 aromatic heterocycles. The Hall–Kier alpha value is -2.14. The van der Waals surface area contributed by atoms with E-state index in [-0.39, 0.29) is 0 Å². The summed E-state index contributed by atoms with van der Waals surface area (Å²) in [6.45, 7) is 4.56. The van der Waals surface area contributed by atoms with Gasteiger partial charge < -0.3 is 14.9 Å². The molecule has 0 saturated heterocycles. The second-order valence-corrected chi connectivity index (χ2v) is 4.54. The minimum atomic E-state index is 0.735. The number of aromatic amines is 1. The average molecular weight is 255 g/mol. The van der Waals surface area contributed by atoms with E-state index in [1.165, 1.54) is 16.5 Å². The molecule has 0 unspecified atom stereocenters. The van der Waals surface area contributed by atoms with E-state index in [0.29, 0.717) is 0 Å². The monoisotopic (exact) mass is 255 g/mol. The molecule has 0 aliphatic rings. The van der Waals surface area contributed by atoms with E-state index in [1.54, 1.807) is 6.33 Å². The lowest BCUT2D eigenvalue weighted by Crippen LogP contribution is -2.16. The van der Waals surface area contributed by atoms with Crippen molar-refractivity contribution in [3.8, 4) is 0 Å². The Morgan fingerprint density at radius 2 is 2.21 bits per heavy atom. The second kappa shape index (κ2) is 5.24. The van der Waals surface area contributed by atoms with Crippen molar-refractivity contribution in [1.82, 2.24) is 25.1 Å². The van der Waals surface area contributed by atoms with Crippen molar-refractivity contribution in [3.63, 3.8) is 0 Å². The number of H-pyrrole nitrogens is 1. The fraction of sp³-hybridized carbons (Fsp3) is 0.286. The fourth-order valence-electron chi connectivity index (χ4n) is 2.21. The van der Waals surface area contributed by atoms with Crippen molar-refractivity contribution < 1.29 is 0 Å². The van der Waals surface area contributed by atoms with Crippen LogP contribution in [-0.2, 0) is 19.6 Å². The minimum absolute atomic E-state index is 0.735. The summed E-state index contributed by atoms with van der Waals surface area (Å²) in [5, 5.41) is 12.7. The average Bonchev–Trinajstić information content (AvgIpc) is 3.06. The van der Waals surface area contributed by atoms with E-state index in [1.807, 2.05) is 10.8 Å². The van der Waals surface area contributed by atoms with Gasteiger partial charge in [0.1, 0.15) is 12.2 Å². The molecule has 0 amide bonds. The van der Waals surface area contributed by atoms with Gasteiger partial charge in [-0.1, -0.05) is 6.07 Å². The summed E-state index contributed by atoms with van der Waals surface area (Å²) in [5.74, 6) is 0.977. The van der Waals surface area contributed by atoms with Crippen molar-refractivity contribution in [1.29, 1.82) is 0 Å². The summed E-state index contributed by atoms with van der Waals surface area (Å²) in [6, 6.07) is 8.53. The Labute approximate surface area is 111 Å². The van der Waals surface area contributed by atoms with E-state index in [4.69, 9.17) is 0 Å². The number of fused-ring (bicyclic) bond motifs is 1. The third kappa shape index (κ3) is 2.51. The number of nitrogens with one attached hydrogen (secondary N) is 2. The van der Waals surface area contributed by atoms with Crippen molar-refractivity contribution in [2.75, 3.05) is 0 Å². The third-order valence-corrected chi connectivity index (χ3v) is 3.27. The lowest BCUT2D eigenvalue weighted by molar-refractivity contribution is 0.612. The van der Waals surface area contributed by atoms with Crippen LogP contribution < -0.4 is 5.32 Å². The fourth-order valence-corrected chi connectivity index (χ4v) is 2.21. The van der Waals surface area contributed by atoms with Crippen molar-refractivity contribution in [2.24, 2.45) is 0 Å². The quantitative estimate of drug-likeness (QED) is 0.733. The number of rotatable bonds is 5. The molecule has 2 heterocycles. The van der Waals surface area contributed by atoms with Crippen LogP contribution in [0, 0.1) is 0 Å². The summed E-state index contributed by atoms with van der Waals surface area (Å²) in [4.78, 5) is 3.20. The molecule has 0 atom stereocenters. The maximum absolute atomic E-state index is 4.11. The summed E-state index contributed by atoms with van der Waals surface area (Å²) in [6.07, 6.45) is 3.73. The first-order valence-corrected chi connectivity index (χ1v) is 6.50. The van der Waals surface area contributed by atoms with Crippen LogP contribution in [0.4, 0.5) is 0 Å². The molecule has 5 heteroatoms. The Bertz CT molecular complexity index is 667. The standard InChI is InChI=1S/C14H17N5/c1-2-19-10-17-18-14(19)9-15-8-11-3-4-13-12(7-11)5-6-16-13/h3-7,10,15-16H,2,8-9H2,1H3. The van der Waals surface area contributed by atoms with Crippen LogP contribution in [0.15, 0.2) is 36.8 Å². The van der Waals surface area contributed by atoms with Crippen LogP contribution in [0.5, 0.6) is 0 Å². The maximum Gasteiger partial charge on any atom is 0.146 e. The number of benzene rings is 1. The highest BCUT2D eigenvalue weighted by atomic mass is 15.3. The molecule has 5 nitrogen and oxygen atoms in total. The van der Waals surface area contributed by atoms with Crippen LogP contribution in [0.25, 0.3) is 10.9 Å². The van der Waals surface area contributed by atoms with Gasteiger partial charge in [0.05, 0.1) is 6.54 Å². The molecule has 1 aromatic carbocycles. The highest BCUT2D eigenvalue weighted by Gasteiger charge is 2.02. The predicted octanol–water partition coefficient (Wildman–Crippen LogP) is 2.07. The van der Waals surface area contributed by atoms with Gasteiger partial charge in [0.25, 0.3) is 0 Å². The topological polar surface area (TPSA) is 58.5 Å². The van der Waals surface area contributed by atoms with Gasteiger partial charge in [-0.05, 0) is 36.1 Å². The smallest absolute Gasteiger partial charge is 0.146 e. The number of aryl methyl sites for hydroxylation is 1. The third-order valence-electron chi connectivity index (χ3n) is 3.27. The first-order chi connectivity index (χ1) is 9.36. The zero-order valence-corrected chi connectivity index (χ0v) is 10.9. The lowest BCUT2D eigenvalue weighted by atomic mass is 10.1. The van der Waals surface area contributed by atoms with E-state index in [0.717, 1.165) is 25.5 Å². The zero-order valence-electron chi connectivity index (χ0n) is 10.9. The first-order valence-electron chi connectivity index (χ1n) is 6.50. The van der Waals surface area contributed by atoms with E-state index in [2.05, 4.69) is 51.7 Å². The highest BCUT2D eigenvalue weighted by molar-refractivity contribution is 5.79. The van der Waals surface area contributed by atoms with Gasteiger partial charge in [-0.3, -0.25) is 0 Å². The molecule has 2 N–H and O–H groups in total. The molecule has 19 heavy (non-hydrogen) atoms. The van der Waals surface area contributed by atoms with Crippen LogP contribution in [0.1, 0.15) is 18.3 Å². The highest BCUT2D eigenvalue weighted by Crippen LogP contribution is 2.14. The number of nitrogens with zero attached hydrogens (tertiary/aromatic N) is 3. The van der Waals surface area contributed by atoms with Crippen molar-refractivity contribution in [3.05, 3.63) is 48.2 Å². The van der Waals surface area contributed by atoms with Crippen LogP contribution in [0.2, 0.25) is 0 Å². The van der Waals surface area contributed by atoms with Crippen LogP contribution >= 0.6 is 0 Å².